The largest absolute Gasteiger partial charge is 0.497 e. The highest BCUT2D eigenvalue weighted by atomic mass is 19.1. The molecule has 0 bridgehead atoms. The summed E-state index contributed by atoms with van der Waals surface area (Å²) in [6, 6.07) is 9.90. The minimum absolute atomic E-state index is 0.366. The molecular formula is C15H17FN2O2. The van der Waals surface area contributed by atoms with Gasteiger partial charge in [-0.25, -0.2) is 4.39 Å². The van der Waals surface area contributed by atoms with E-state index in [1.54, 1.807) is 26.4 Å². The van der Waals surface area contributed by atoms with Gasteiger partial charge in [0.25, 0.3) is 0 Å². The van der Waals surface area contributed by atoms with E-state index in [2.05, 4.69) is 5.32 Å². The summed E-state index contributed by atoms with van der Waals surface area (Å²) in [4.78, 5) is 0. The van der Waals surface area contributed by atoms with E-state index < -0.39 is 0 Å². The van der Waals surface area contributed by atoms with Crippen molar-refractivity contribution in [2.24, 2.45) is 0 Å². The first kappa shape index (κ1) is 14.0. The zero-order valence-electron chi connectivity index (χ0n) is 11.4. The summed E-state index contributed by atoms with van der Waals surface area (Å²) < 4.78 is 23.7. The van der Waals surface area contributed by atoms with Crippen LogP contribution < -0.4 is 20.5 Å². The molecule has 0 atom stereocenters. The molecule has 20 heavy (non-hydrogen) atoms. The predicted octanol–water partition coefficient (Wildman–Crippen LogP) is 3.04. The molecule has 2 rings (SSSR count). The summed E-state index contributed by atoms with van der Waals surface area (Å²) in [5.41, 5.74) is 7.55. The number of anilines is 2. The number of hydrogen-bond donors (Lipinski definition) is 2. The molecule has 5 heteroatoms. The number of nitrogens with two attached hydrogens (primary N) is 1. The number of benzene rings is 2. The Balaban J connectivity index is 2.14. The predicted molar refractivity (Wildman–Crippen MR) is 77.7 cm³/mol. The van der Waals surface area contributed by atoms with Crippen LogP contribution >= 0.6 is 0 Å². The van der Waals surface area contributed by atoms with Crippen LogP contribution in [-0.2, 0) is 6.54 Å². The van der Waals surface area contributed by atoms with Crippen LogP contribution in [0.25, 0.3) is 0 Å². The molecule has 0 aromatic heterocycles. The van der Waals surface area contributed by atoms with Crippen molar-refractivity contribution in [1.82, 2.24) is 0 Å². The van der Waals surface area contributed by atoms with E-state index in [1.807, 2.05) is 12.1 Å². The summed E-state index contributed by atoms with van der Waals surface area (Å²) in [6.45, 7) is 0.496. The summed E-state index contributed by atoms with van der Waals surface area (Å²) in [6.07, 6.45) is 0. The quantitative estimate of drug-likeness (QED) is 0.824. The van der Waals surface area contributed by atoms with E-state index in [9.17, 15) is 4.39 Å². The second kappa shape index (κ2) is 6.14. The Morgan fingerprint density at radius 2 is 1.90 bits per heavy atom. The smallest absolute Gasteiger partial charge is 0.127 e. The highest BCUT2D eigenvalue weighted by Gasteiger charge is 2.05. The highest BCUT2D eigenvalue weighted by Crippen LogP contribution is 2.25. The molecule has 0 fully saturated rings. The lowest BCUT2D eigenvalue weighted by atomic mass is 10.2. The Kier molecular flexibility index (Phi) is 4.30. The van der Waals surface area contributed by atoms with Gasteiger partial charge >= 0.3 is 0 Å². The Morgan fingerprint density at radius 3 is 2.55 bits per heavy atom. The van der Waals surface area contributed by atoms with E-state index in [4.69, 9.17) is 15.2 Å². The van der Waals surface area contributed by atoms with Crippen molar-refractivity contribution in [2.45, 2.75) is 6.54 Å². The maximum atomic E-state index is 13.2. The second-order valence-electron chi connectivity index (χ2n) is 4.30. The van der Waals surface area contributed by atoms with Crippen LogP contribution in [0.15, 0.2) is 36.4 Å². The lowest BCUT2D eigenvalue weighted by Gasteiger charge is -2.12. The average Bonchev–Trinajstić information content (AvgIpc) is 2.44. The molecule has 0 heterocycles. The van der Waals surface area contributed by atoms with Crippen LogP contribution in [0.5, 0.6) is 11.5 Å². The summed E-state index contributed by atoms with van der Waals surface area (Å²) in [7, 11) is 3.20. The standard InChI is InChI=1S/C15H17FN2O2/c1-19-14-4-3-10(15(8-14)20-2)9-18-13-6-11(16)5-12(17)7-13/h3-8,18H,9,17H2,1-2H3. The van der Waals surface area contributed by atoms with Gasteiger partial charge in [-0.1, -0.05) is 0 Å². The topological polar surface area (TPSA) is 56.5 Å². The van der Waals surface area contributed by atoms with Gasteiger partial charge in [0.15, 0.2) is 0 Å². The molecule has 0 unspecified atom stereocenters. The van der Waals surface area contributed by atoms with Gasteiger partial charge in [0.2, 0.25) is 0 Å². The van der Waals surface area contributed by atoms with Crippen molar-refractivity contribution in [3.8, 4) is 11.5 Å². The number of nitrogen functional groups attached to an aromatic ring is 1. The van der Waals surface area contributed by atoms with Crippen molar-refractivity contribution in [3.63, 3.8) is 0 Å². The summed E-state index contributed by atoms with van der Waals surface area (Å²) >= 11 is 0. The highest BCUT2D eigenvalue weighted by molar-refractivity contribution is 5.55. The maximum absolute atomic E-state index is 13.2. The van der Waals surface area contributed by atoms with Crippen molar-refractivity contribution in [1.29, 1.82) is 0 Å². The minimum Gasteiger partial charge on any atom is -0.497 e. The number of rotatable bonds is 5. The Bertz CT molecular complexity index is 582. The monoisotopic (exact) mass is 276 g/mol. The van der Waals surface area contributed by atoms with Gasteiger partial charge < -0.3 is 20.5 Å². The average molecular weight is 276 g/mol. The summed E-state index contributed by atoms with van der Waals surface area (Å²) in [5, 5.41) is 3.11. The third-order valence-electron chi connectivity index (χ3n) is 2.90. The first-order valence-corrected chi connectivity index (χ1v) is 6.13. The lowest BCUT2D eigenvalue weighted by molar-refractivity contribution is 0.391. The van der Waals surface area contributed by atoms with Crippen LogP contribution in [0.4, 0.5) is 15.8 Å². The molecule has 0 spiro atoms. The van der Waals surface area contributed by atoms with E-state index in [0.29, 0.717) is 23.7 Å². The second-order valence-corrected chi connectivity index (χ2v) is 4.30. The Morgan fingerprint density at radius 1 is 1.10 bits per heavy atom. The molecule has 0 aliphatic carbocycles. The SMILES string of the molecule is COc1ccc(CNc2cc(N)cc(F)c2)c(OC)c1. The van der Waals surface area contributed by atoms with Gasteiger partial charge in [0, 0.05) is 29.5 Å². The number of hydrogen-bond acceptors (Lipinski definition) is 4. The van der Waals surface area contributed by atoms with Crippen LogP contribution in [0.3, 0.4) is 0 Å². The van der Waals surface area contributed by atoms with Crippen molar-refractivity contribution >= 4 is 11.4 Å². The summed E-state index contributed by atoms with van der Waals surface area (Å²) in [5.74, 6) is 1.07. The fraction of sp³-hybridized carbons (Fsp3) is 0.200. The first-order valence-electron chi connectivity index (χ1n) is 6.13. The lowest BCUT2D eigenvalue weighted by Crippen LogP contribution is -2.03. The molecule has 106 valence electrons. The molecule has 2 aromatic carbocycles. The van der Waals surface area contributed by atoms with E-state index >= 15 is 0 Å². The molecule has 0 saturated heterocycles. The van der Waals surface area contributed by atoms with Gasteiger partial charge in [0.1, 0.15) is 17.3 Å². The van der Waals surface area contributed by atoms with Crippen LogP contribution in [-0.4, -0.2) is 14.2 Å². The van der Waals surface area contributed by atoms with Crippen LogP contribution in [0.2, 0.25) is 0 Å². The van der Waals surface area contributed by atoms with Gasteiger partial charge in [-0.2, -0.15) is 0 Å². The maximum Gasteiger partial charge on any atom is 0.127 e. The zero-order valence-corrected chi connectivity index (χ0v) is 11.4. The molecule has 3 N–H and O–H groups in total. The van der Waals surface area contributed by atoms with Crippen molar-refractivity contribution in [2.75, 3.05) is 25.3 Å². The fourth-order valence-corrected chi connectivity index (χ4v) is 1.91. The zero-order chi connectivity index (χ0) is 14.5. The number of ether oxygens (including phenoxy) is 2. The van der Waals surface area contributed by atoms with Gasteiger partial charge in [-0.15, -0.1) is 0 Å². The van der Waals surface area contributed by atoms with Crippen LogP contribution in [0.1, 0.15) is 5.56 Å². The molecule has 0 aliphatic rings. The first-order chi connectivity index (χ1) is 9.62. The van der Waals surface area contributed by atoms with Crippen molar-refractivity contribution in [3.05, 3.63) is 47.8 Å². The molecule has 4 nitrogen and oxygen atoms in total. The van der Waals surface area contributed by atoms with Gasteiger partial charge in [-0.3, -0.25) is 0 Å². The molecule has 2 aromatic rings. The molecule has 0 radical (unpaired) electrons. The minimum atomic E-state index is -0.366. The molecule has 0 amide bonds. The number of nitrogens with one attached hydrogen (secondary N) is 1. The van der Waals surface area contributed by atoms with Crippen molar-refractivity contribution < 1.29 is 13.9 Å². The molecule has 0 saturated carbocycles. The normalized spacial score (nSPS) is 10.2. The molecule has 0 aliphatic heterocycles. The Hall–Kier alpha value is -2.43. The van der Waals surface area contributed by atoms with Crippen LogP contribution in [0, 0.1) is 5.82 Å². The van der Waals surface area contributed by atoms with E-state index in [0.717, 1.165) is 11.3 Å². The van der Waals surface area contributed by atoms with Gasteiger partial charge in [-0.05, 0) is 30.3 Å². The molecular weight excluding hydrogens is 259 g/mol. The van der Waals surface area contributed by atoms with Gasteiger partial charge in [0.05, 0.1) is 14.2 Å². The fourth-order valence-electron chi connectivity index (χ4n) is 1.91. The Labute approximate surface area is 117 Å². The van der Waals surface area contributed by atoms with E-state index in [-0.39, 0.29) is 5.82 Å². The third kappa shape index (κ3) is 3.32. The third-order valence-corrected chi connectivity index (χ3v) is 2.90. The number of halogens is 1. The number of methoxy groups -OCH3 is 2. The van der Waals surface area contributed by atoms with E-state index in [1.165, 1.54) is 12.1 Å².